The fourth-order valence-electron chi connectivity index (χ4n) is 3.39. The predicted molar refractivity (Wildman–Crippen MR) is 102 cm³/mol. The maximum atomic E-state index is 12.7. The molecule has 2 aromatic rings. The molecular formula is C21H25N3O3. The Balaban J connectivity index is 1.63. The van der Waals surface area contributed by atoms with Gasteiger partial charge in [0.05, 0.1) is 31.3 Å². The van der Waals surface area contributed by atoms with Gasteiger partial charge in [-0.2, -0.15) is 0 Å². The van der Waals surface area contributed by atoms with E-state index in [0.717, 1.165) is 22.6 Å². The first kappa shape index (κ1) is 18.9. The van der Waals surface area contributed by atoms with Crippen LogP contribution in [0.1, 0.15) is 36.2 Å². The van der Waals surface area contributed by atoms with E-state index in [4.69, 9.17) is 4.74 Å². The number of methoxy groups -OCH3 is 1. The van der Waals surface area contributed by atoms with Crippen molar-refractivity contribution in [3.05, 3.63) is 59.4 Å². The molecule has 1 aliphatic rings. The number of nitrogens with one attached hydrogen (secondary N) is 1. The summed E-state index contributed by atoms with van der Waals surface area (Å²) >= 11 is 0. The van der Waals surface area contributed by atoms with Crippen molar-refractivity contribution >= 4 is 11.8 Å². The molecule has 2 heterocycles. The van der Waals surface area contributed by atoms with Crippen LogP contribution in [0, 0.1) is 12.8 Å². The van der Waals surface area contributed by atoms with Gasteiger partial charge in [-0.25, -0.2) is 0 Å². The topological polar surface area (TPSA) is 71.5 Å². The van der Waals surface area contributed by atoms with Crippen LogP contribution >= 0.6 is 0 Å². The van der Waals surface area contributed by atoms with Crippen LogP contribution in [-0.2, 0) is 16.1 Å². The summed E-state index contributed by atoms with van der Waals surface area (Å²) in [7, 11) is 1.62. The number of aromatic nitrogens is 1. The molecule has 1 aromatic carbocycles. The number of amides is 2. The molecule has 27 heavy (non-hydrogen) atoms. The lowest BCUT2D eigenvalue weighted by Gasteiger charge is -2.20. The van der Waals surface area contributed by atoms with Gasteiger partial charge in [0, 0.05) is 24.7 Å². The number of rotatable bonds is 6. The van der Waals surface area contributed by atoms with Gasteiger partial charge in [0.1, 0.15) is 5.75 Å². The highest BCUT2D eigenvalue weighted by molar-refractivity contribution is 5.89. The summed E-state index contributed by atoms with van der Waals surface area (Å²) in [6.45, 7) is 4.78. The predicted octanol–water partition coefficient (Wildman–Crippen LogP) is 2.62. The first-order chi connectivity index (χ1) is 13.0. The molecule has 142 valence electrons. The van der Waals surface area contributed by atoms with Crippen LogP contribution in [0.4, 0.5) is 0 Å². The third-order valence-electron chi connectivity index (χ3n) is 4.87. The Morgan fingerprint density at radius 1 is 1.37 bits per heavy atom. The maximum Gasteiger partial charge on any atom is 0.225 e. The Morgan fingerprint density at radius 2 is 2.19 bits per heavy atom. The van der Waals surface area contributed by atoms with Gasteiger partial charge in [-0.1, -0.05) is 23.8 Å². The van der Waals surface area contributed by atoms with Crippen molar-refractivity contribution in [3.8, 4) is 5.75 Å². The van der Waals surface area contributed by atoms with E-state index in [2.05, 4.69) is 10.3 Å². The maximum absolute atomic E-state index is 12.7. The van der Waals surface area contributed by atoms with Crippen molar-refractivity contribution in [2.75, 3.05) is 13.7 Å². The Morgan fingerprint density at radius 3 is 2.89 bits per heavy atom. The first-order valence-electron chi connectivity index (χ1n) is 9.10. The first-order valence-corrected chi connectivity index (χ1v) is 9.10. The van der Waals surface area contributed by atoms with Crippen molar-refractivity contribution in [1.29, 1.82) is 0 Å². The molecule has 2 amide bonds. The second-order valence-electron chi connectivity index (χ2n) is 6.97. The molecule has 1 aromatic heterocycles. The molecule has 0 radical (unpaired) electrons. The second kappa shape index (κ2) is 8.20. The number of aryl methyl sites for hydroxylation is 1. The normalized spacial score (nSPS) is 17.7. The van der Waals surface area contributed by atoms with Gasteiger partial charge in [0.15, 0.2) is 0 Å². The summed E-state index contributed by atoms with van der Waals surface area (Å²) in [5.74, 6) is 0.275. The number of benzene rings is 1. The molecule has 0 spiro atoms. The van der Waals surface area contributed by atoms with E-state index in [1.807, 2.05) is 50.2 Å². The Bertz CT molecular complexity index is 823. The number of carbonyl (C=O) groups excluding carboxylic acids is 2. The quantitative estimate of drug-likeness (QED) is 0.852. The van der Waals surface area contributed by atoms with E-state index < -0.39 is 0 Å². The van der Waals surface area contributed by atoms with Gasteiger partial charge in [0.25, 0.3) is 0 Å². The monoisotopic (exact) mass is 367 g/mol. The summed E-state index contributed by atoms with van der Waals surface area (Å²) in [6, 6.07) is 11.3. The molecular weight excluding hydrogens is 342 g/mol. The minimum atomic E-state index is -0.348. The van der Waals surface area contributed by atoms with Crippen LogP contribution in [0.5, 0.6) is 5.75 Å². The molecule has 3 rings (SSSR count). The molecule has 1 fully saturated rings. The number of hydrogen-bond acceptors (Lipinski definition) is 4. The van der Waals surface area contributed by atoms with Crippen molar-refractivity contribution < 1.29 is 14.3 Å². The molecule has 1 saturated heterocycles. The van der Waals surface area contributed by atoms with E-state index in [-0.39, 0.29) is 30.2 Å². The average Bonchev–Trinajstić information content (AvgIpc) is 3.03. The molecule has 0 unspecified atom stereocenters. The van der Waals surface area contributed by atoms with Gasteiger partial charge in [0.2, 0.25) is 11.8 Å². The van der Waals surface area contributed by atoms with Crippen LogP contribution in [-0.4, -0.2) is 35.4 Å². The van der Waals surface area contributed by atoms with Gasteiger partial charge >= 0.3 is 0 Å². The number of likely N-dealkylation sites (tertiary alicyclic amines) is 1. The molecule has 0 aliphatic carbocycles. The summed E-state index contributed by atoms with van der Waals surface area (Å²) in [4.78, 5) is 31.0. The third-order valence-corrected chi connectivity index (χ3v) is 4.87. The summed E-state index contributed by atoms with van der Waals surface area (Å²) in [6.07, 6.45) is 1.94. The summed E-state index contributed by atoms with van der Waals surface area (Å²) < 4.78 is 5.41. The molecule has 2 atom stereocenters. The van der Waals surface area contributed by atoms with E-state index >= 15 is 0 Å². The van der Waals surface area contributed by atoms with Crippen LogP contribution in [0.2, 0.25) is 0 Å². The highest BCUT2D eigenvalue weighted by Crippen LogP contribution is 2.27. The zero-order chi connectivity index (χ0) is 19.4. The minimum Gasteiger partial charge on any atom is -0.496 e. The van der Waals surface area contributed by atoms with Crippen LogP contribution in [0.25, 0.3) is 0 Å². The van der Waals surface area contributed by atoms with Gasteiger partial charge < -0.3 is 15.0 Å². The molecule has 6 heteroatoms. The van der Waals surface area contributed by atoms with Gasteiger partial charge in [-0.3, -0.25) is 14.6 Å². The minimum absolute atomic E-state index is 0.0124. The fraction of sp³-hybridized carbons (Fsp3) is 0.381. The number of carbonyl (C=O) groups is 2. The highest BCUT2D eigenvalue weighted by atomic mass is 16.5. The fourth-order valence-corrected chi connectivity index (χ4v) is 3.39. The van der Waals surface area contributed by atoms with Crippen molar-refractivity contribution in [2.45, 2.75) is 32.9 Å². The van der Waals surface area contributed by atoms with Crippen molar-refractivity contribution in [3.63, 3.8) is 0 Å². The van der Waals surface area contributed by atoms with Crippen LogP contribution < -0.4 is 10.1 Å². The molecule has 0 bridgehead atoms. The molecule has 1 N–H and O–H groups in total. The second-order valence-corrected chi connectivity index (χ2v) is 6.97. The van der Waals surface area contributed by atoms with E-state index in [1.54, 1.807) is 18.2 Å². The highest BCUT2D eigenvalue weighted by Gasteiger charge is 2.35. The van der Waals surface area contributed by atoms with Crippen molar-refractivity contribution in [1.82, 2.24) is 15.2 Å². The molecule has 0 saturated carbocycles. The van der Waals surface area contributed by atoms with E-state index in [9.17, 15) is 9.59 Å². The zero-order valence-corrected chi connectivity index (χ0v) is 15.9. The number of hydrogen-bond donors (Lipinski definition) is 1. The number of ether oxygens (including phenoxy) is 1. The largest absolute Gasteiger partial charge is 0.496 e. The molecule has 1 aliphatic heterocycles. The lowest BCUT2D eigenvalue weighted by molar-refractivity contribution is -0.129. The van der Waals surface area contributed by atoms with Gasteiger partial charge in [-0.05, 0) is 32.0 Å². The lowest BCUT2D eigenvalue weighted by Crippen LogP contribution is -2.34. The van der Waals surface area contributed by atoms with Crippen LogP contribution in [0.3, 0.4) is 0 Å². The number of nitrogens with zero attached hydrogens (tertiary/aromatic N) is 2. The zero-order valence-electron chi connectivity index (χ0n) is 15.9. The van der Waals surface area contributed by atoms with Crippen molar-refractivity contribution in [2.24, 2.45) is 5.92 Å². The van der Waals surface area contributed by atoms with Gasteiger partial charge in [-0.15, -0.1) is 0 Å². The third kappa shape index (κ3) is 4.45. The summed E-state index contributed by atoms with van der Waals surface area (Å²) in [5.41, 5.74) is 2.86. The Kier molecular flexibility index (Phi) is 5.74. The summed E-state index contributed by atoms with van der Waals surface area (Å²) in [5, 5.41) is 3.03. The lowest BCUT2D eigenvalue weighted by atomic mass is 10.0. The smallest absolute Gasteiger partial charge is 0.225 e. The average molecular weight is 367 g/mol. The van der Waals surface area contributed by atoms with Crippen LogP contribution in [0.15, 0.2) is 42.6 Å². The standard InChI is InChI=1S/C21H25N3O3/c1-14-7-8-19(27-3)18(10-14)15(2)23-21(26)16-11-20(25)24(12-16)13-17-6-4-5-9-22-17/h4-10,15-16H,11-13H2,1-3H3,(H,23,26)/t15-,16-/m1/s1. The Hall–Kier alpha value is -2.89. The van der Waals surface area contributed by atoms with E-state index in [0.29, 0.717) is 13.1 Å². The Labute approximate surface area is 159 Å². The SMILES string of the molecule is COc1ccc(C)cc1[C@@H](C)NC(=O)[C@@H]1CC(=O)N(Cc2ccccn2)C1. The number of pyridine rings is 1. The molecule has 6 nitrogen and oxygen atoms in total. The van der Waals surface area contributed by atoms with E-state index in [1.165, 1.54) is 0 Å².